The highest BCUT2D eigenvalue weighted by atomic mass is 16.2. The van der Waals surface area contributed by atoms with Gasteiger partial charge in [0.2, 0.25) is 0 Å². The van der Waals surface area contributed by atoms with Crippen molar-refractivity contribution < 1.29 is 9.59 Å². The first-order valence-corrected chi connectivity index (χ1v) is 8.75. The molecule has 0 bridgehead atoms. The van der Waals surface area contributed by atoms with Crippen LogP contribution in [0.3, 0.4) is 0 Å². The van der Waals surface area contributed by atoms with Crippen LogP contribution < -0.4 is 9.80 Å². The molecule has 0 aliphatic carbocycles. The molecule has 2 aromatic rings. The van der Waals surface area contributed by atoms with E-state index in [-0.39, 0.29) is 17.7 Å². The Hall–Kier alpha value is -2.88. The molecule has 1 unspecified atom stereocenters. The molecule has 0 radical (unpaired) electrons. The first kappa shape index (κ1) is 14.5. The summed E-state index contributed by atoms with van der Waals surface area (Å²) in [5.41, 5.74) is 4.51. The van der Waals surface area contributed by atoms with Crippen molar-refractivity contribution in [2.45, 2.75) is 25.4 Å². The Bertz CT molecular complexity index is 917. The van der Waals surface area contributed by atoms with Gasteiger partial charge in [-0.2, -0.15) is 0 Å². The van der Waals surface area contributed by atoms with Crippen molar-refractivity contribution in [2.24, 2.45) is 0 Å². The second-order valence-electron chi connectivity index (χ2n) is 6.86. The third kappa shape index (κ3) is 2.07. The van der Waals surface area contributed by atoms with Crippen molar-refractivity contribution in [3.63, 3.8) is 0 Å². The molecule has 1 saturated heterocycles. The number of carbonyl (C=O) groups is 2. The molecule has 3 heterocycles. The van der Waals surface area contributed by atoms with Crippen LogP contribution in [0.5, 0.6) is 0 Å². The van der Waals surface area contributed by atoms with Gasteiger partial charge in [-0.1, -0.05) is 36.4 Å². The highest BCUT2D eigenvalue weighted by Gasteiger charge is 2.41. The van der Waals surface area contributed by atoms with Crippen LogP contribution in [0.4, 0.5) is 11.4 Å². The van der Waals surface area contributed by atoms with Gasteiger partial charge in [-0.05, 0) is 36.6 Å². The van der Waals surface area contributed by atoms with Crippen LogP contribution in [0.2, 0.25) is 0 Å². The summed E-state index contributed by atoms with van der Waals surface area (Å²) in [7, 11) is 0. The summed E-state index contributed by atoms with van der Waals surface area (Å²) >= 11 is 0. The number of hydrogen-bond acceptors (Lipinski definition) is 3. The van der Waals surface area contributed by atoms with Crippen molar-refractivity contribution in [3.8, 4) is 0 Å². The van der Waals surface area contributed by atoms with E-state index in [1.165, 1.54) is 0 Å². The first-order valence-electron chi connectivity index (χ1n) is 8.75. The maximum absolute atomic E-state index is 13.1. The van der Waals surface area contributed by atoms with Gasteiger partial charge in [-0.3, -0.25) is 9.59 Å². The SMILES string of the molecule is O=C1C=C2C(=O)N(Cc3ccccc3)c3cccc(c32)N2CCCC12. The zero-order chi connectivity index (χ0) is 17.0. The molecule has 0 aromatic heterocycles. The Balaban J connectivity index is 1.66. The van der Waals surface area contributed by atoms with E-state index < -0.39 is 0 Å². The monoisotopic (exact) mass is 330 g/mol. The molecule has 0 spiro atoms. The Morgan fingerprint density at radius 3 is 2.60 bits per heavy atom. The predicted octanol–water partition coefficient (Wildman–Crippen LogP) is 3.17. The average Bonchev–Trinajstić information content (AvgIpc) is 3.19. The van der Waals surface area contributed by atoms with Gasteiger partial charge in [-0.15, -0.1) is 0 Å². The van der Waals surface area contributed by atoms with E-state index in [0.29, 0.717) is 12.1 Å². The maximum Gasteiger partial charge on any atom is 0.259 e. The normalized spacial score (nSPS) is 21.1. The fraction of sp³-hybridized carbons (Fsp3) is 0.238. The summed E-state index contributed by atoms with van der Waals surface area (Å²) in [5, 5.41) is 0. The van der Waals surface area contributed by atoms with Gasteiger partial charge in [0.05, 0.1) is 23.8 Å². The van der Waals surface area contributed by atoms with Crippen molar-refractivity contribution >= 4 is 28.6 Å². The summed E-state index contributed by atoms with van der Waals surface area (Å²) in [5.74, 6) is -0.00890. The molecule has 25 heavy (non-hydrogen) atoms. The minimum absolute atomic E-state index is 0.0598. The van der Waals surface area contributed by atoms with E-state index in [1.54, 1.807) is 11.0 Å². The van der Waals surface area contributed by atoms with Crippen LogP contribution in [0.15, 0.2) is 54.6 Å². The number of rotatable bonds is 2. The van der Waals surface area contributed by atoms with Crippen molar-refractivity contribution in [1.29, 1.82) is 0 Å². The number of anilines is 2. The smallest absolute Gasteiger partial charge is 0.259 e. The summed E-state index contributed by atoms with van der Waals surface area (Å²) < 4.78 is 0. The van der Waals surface area contributed by atoms with E-state index >= 15 is 0 Å². The fourth-order valence-electron chi connectivity index (χ4n) is 4.28. The summed E-state index contributed by atoms with van der Waals surface area (Å²) in [6, 6.07) is 15.9. The lowest BCUT2D eigenvalue weighted by molar-refractivity contribution is -0.116. The number of amides is 1. The van der Waals surface area contributed by atoms with Gasteiger partial charge in [0, 0.05) is 17.8 Å². The van der Waals surface area contributed by atoms with Crippen LogP contribution >= 0.6 is 0 Å². The van der Waals surface area contributed by atoms with Crippen LogP contribution in [0.1, 0.15) is 24.0 Å². The molecule has 5 rings (SSSR count). The predicted molar refractivity (Wildman–Crippen MR) is 97.4 cm³/mol. The lowest BCUT2D eigenvalue weighted by Crippen LogP contribution is -2.35. The number of carbonyl (C=O) groups excluding carboxylic acids is 2. The molecular formula is C21H18N2O2. The Morgan fingerprint density at radius 1 is 0.960 bits per heavy atom. The van der Waals surface area contributed by atoms with Gasteiger partial charge in [-0.25, -0.2) is 0 Å². The molecule has 0 N–H and O–H groups in total. The van der Waals surface area contributed by atoms with Gasteiger partial charge < -0.3 is 9.80 Å². The van der Waals surface area contributed by atoms with E-state index in [4.69, 9.17) is 0 Å². The third-order valence-electron chi connectivity index (χ3n) is 5.42. The van der Waals surface area contributed by atoms with Gasteiger partial charge in [0.15, 0.2) is 5.78 Å². The first-order chi connectivity index (χ1) is 12.2. The summed E-state index contributed by atoms with van der Waals surface area (Å²) in [6.07, 6.45) is 3.48. The van der Waals surface area contributed by atoms with Crippen molar-refractivity contribution in [3.05, 3.63) is 65.7 Å². The Kier molecular flexibility index (Phi) is 3.07. The Morgan fingerprint density at radius 2 is 1.76 bits per heavy atom. The number of nitrogens with zero attached hydrogens (tertiary/aromatic N) is 2. The second-order valence-corrected chi connectivity index (χ2v) is 6.86. The molecule has 124 valence electrons. The topological polar surface area (TPSA) is 40.6 Å². The summed E-state index contributed by atoms with van der Waals surface area (Å²) in [6.45, 7) is 1.39. The van der Waals surface area contributed by atoms with Gasteiger partial charge >= 0.3 is 0 Å². The van der Waals surface area contributed by atoms with E-state index in [0.717, 1.165) is 41.9 Å². The molecule has 0 saturated carbocycles. The molecule has 3 aliphatic heterocycles. The zero-order valence-electron chi connectivity index (χ0n) is 13.8. The van der Waals surface area contributed by atoms with Crippen molar-refractivity contribution in [1.82, 2.24) is 0 Å². The van der Waals surface area contributed by atoms with Crippen LogP contribution in [0.25, 0.3) is 5.57 Å². The average molecular weight is 330 g/mol. The fourth-order valence-corrected chi connectivity index (χ4v) is 4.28. The molecule has 3 aliphatic rings. The molecular weight excluding hydrogens is 312 g/mol. The van der Waals surface area contributed by atoms with Gasteiger partial charge in [0.25, 0.3) is 5.91 Å². The minimum atomic E-state index is -0.111. The molecule has 1 atom stereocenters. The highest BCUT2D eigenvalue weighted by molar-refractivity contribution is 6.37. The van der Waals surface area contributed by atoms with Crippen LogP contribution in [0, 0.1) is 0 Å². The maximum atomic E-state index is 13.1. The number of hydrogen-bond donors (Lipinski definition) is 0. The molecule has 1 fully saturated rings. The number of ketones is 1. The summed E-state index contributed by atoms with van der Waals surface area (Å²) in [4.78, 5) is 29.7. The Labute approximate surface area is 146 Å². The molecule has 4 heteroatoms. The molecule has 1 amide bonds. The van der Waals surface area contributed by atoms with E-state index in [2.05, 4.69) is 4.90 Å². The largest absolute Gasteiger partial charge is 0.361 e. The minimum Gasteiger partial charge on any atom is -0.361 e. The highest BCUT2D eigenvalue weighted by Crippen LogP contribution is 2.46. The van der Waals surface area contributed by atoms with Crippen LogP contribution in [-0.4, -0.2) is 24.3 Å². The van der Waals surface area contributed by atoms with Gasteiger partial charge in [0.1, 0.15) is 0 Å². The van der Waals surface area contributed by atoms with Crippen molar-refractivity contribution in [2.75, 3.05) is 16.3 Å². The van der Waals surface area contributed by atoms with E-state index in [1.807, 2.05) is 48.5 Å². The molecule has 2 aromatic carbocycles. The quantitative estimate of drug-likeness (QED) is 0.849. The number of benzene rings is 2. The zero-order valence-corrected chi connectivity index (χ0v) is 13.8. The standard InChI is InChI=1S/C21H18N2O2/c24-19-12-15-20-17(22-11-5-10-16(19)22)8-4-9-18(20)23(21(15)25)13-14-6-2-1-3-7-14/h1-4,6-9,12,16H,5,10-11,13H2. The second kappa shape index (κ2) is 5.31. The molecule has 4 nitrogen and oxygen atoms in total. The van der Waals surface area contributed by atoms with Crippen LogP contribution in [-0.2, 0) is 16.1 Å². The van der Waals surface area contributed by atoms with E-state index in [9.17, 15) is 9.59 Å². The third-order valence-corrected chi connectivity index (χ3v) is 5.42. The lowest BCUT2D eigenvalue weighted by Gasteiger charge is -2.26. The number of fused-ring (bicyclic) bond motifs is 2. The lowest BCUT2D eigenvalue weighted by atomic mass is 10.0.